The summed E-state index contributed by atoms with van der Waals surface area (Å²) in [5.41, 5.74) is 0. The molecule has 0 atom stereocenters. The second-order valence-electron chi connectivity index (χ2n) is 5.43. The van der Waals surface area contributed by atoms with Crippen LogP contribution in [-0.4, -0.2) is 37.0 Å². The summed E-state index contributed by atoms with van der Waals surface area (Å²) in [5, 5.41) is 0. The summed E-state index contributed by atoms with van der Waals surface area (Å²) in [5.74, 6) is 0.479. The molecule has 0 radical (unpaired) electrons. The molecule has 1 aliphatic rings. The molecule has 0 aromatic carbocycles. The number of carbonyl (C=O) groups is 2. The van der Waals surface area contributed by atoms with Crippen molar-refractivity contribution < 1.29 is 14.3 Å². The molecule has 110 valence electrons. The summed E-state index contributed by atoms with van der Waals surface area (Å²) in [6.45, 7) is 2.65. The van der Waals surface area contributed by atoms with Crippen LogP contribution in [0.15, 0.2) is 0 Å². The van der Waals surface area contributed by atoms with Crippen molar-refractivity contribution in [2.75, 3.05) is 20.2 Å². The third kappa shape index (κ3) is 6.60. The van der Waals surface area contributed by atoms with Crippen LogP contribution >= 0.6 is 0 Å². The number of rotatable bonds is 6. The van der Waals surface area contributed by atoms with E-state index in [0.717, 1.165) is 0 Å². The molecule has 0 saturated heterocycles. The van der Waals surface area contributed by atoms with Crippen molar-refractivity contribution >= 4 is 11.9 Å². The van der Waals surface area contributed by atoms with Gasteiger partial charge in [-0.05, 0) is 25.7 Å². The van der Waals surface area contributed by atoms with E-state index in [1.165, 1.54) is 38.5 Å². The Morgan fingerprint density at radius 3 is 2.37 bits per heavy atom. The lowest BCUT2D eigenvalue weighted by Crippen LogP contribution is -2.30. The number of amides is 1. The van der Waals surface area contributed by atoms with Gasteiger partial charge in [-0.2, -0.15) is 0 Å². The van der Waals surface area contributed by atoms with Crippen molar-refractivity contribution in [2.24, 2.45) is 5.92 Å². The number of nitrogens with zero attached hydrogens (tertiary/aromatic N) is 1. The molecule has 0 unspecified atom stereocenters. The summed E-state index contributed by atoms with van der Waals surface area (Å²) in [6.07, 6.45) is 8.41. The third-order valence-corrected chi connectivity index (χ3v) is 3.82. The lowest BCUT2D eigenvalue weighted by atomic mass is 9.96. The maximum Gasteiger partial charge on any atom is 0.307 e. The molecular weight excluding hydrogens is 242 g/mol. The van der Waals surface area contributed by atoms with Gasteiger partial charge in [0.25, 0.3) is 0 Å². The molecule has 1 saturated carbocycles. The predicted molar refractivity (Wildman–Crippen MR) is 74.7 cm³/mol. The molecule has 0 bridgehead atoms. The van der Waals surface area contributed by atoms with Gasteiger partial charge in [0.15, 0.2) is 0 Å². The van der Waals surface area contributed by atoms with Crippen LogP contribution in [0, 0.1) is 5.92 Å². The van der Waals surface area contributed by atoms with E-state index in [9.17, 15) is 9.59 Å². The molecule has 0 N–H and O–H groups in total. The van der Waals surface area contributed by atoms with Gasteiger partial charge in [-0.3, -0.25) is 9.59 Å². The molecule has 0 aliphatic heterocycles. The molecule has 4 nitrogen and oxygen atoms in total. The fourth-order valence-corrected chi connectivity index (χ4v) is 2.59. The number of ether oxygens (including phenoxy) is 1. The van der Waals surface area contributed by atoms with Crippen molar-refractivity contribution in [2.45, 2.75) is 58.3 Å². The third-order valence-electron chi connectivity index (χ3n) is 3.82. The van der Waals surface area contributed by atoms with Gasteiger partial charge >= 0.3 is 5.97 Å². The first-order chi connectivity index (χ1) is 9.13. The minimum atomic E-state index is -0.225. The highest BCUT2D eigenvalue weighted by Crippen LogP contribution is 2.25. The van der Waals surface area contributed by atoms with Gasteiger partial charge in [0, 0.05) is 20.0 Å². The van der Waals surface area contributed by atoms with Crippen LogP contribution < -0.4 is 0 Å². The molecule has 1 rings (SSSR count). The largest absolute Gasteiger partial charge is 0.466 e. The summed E-state index contributed by atoms with van der Waals surface area (Å²) in [7, 11) is 1.78. The lowest BCUT2D eigenvalue weighted by Gasteiger charge is -2.20. The van der Waals surface area contributed by atoms with Crippen LogP contribution in [-0.2, 0) is 14.3 Å². The first-order valence-corrected chi connectivity index (χ1v) is 7.53. The first kappa shape index (κ1) is 16.0. The summed E-state index contributed by atoms with van der Waals surface area (Å²) in [6, 6.07) is 0. The van der Waals surface area contributed by atoms with Crippen molar-refractivity contribution in [3.05, 3.63) is 0 Å². The Bertz CT molecular complexity index is 283. The van der Waals surface area contributed by atoms with Crippen LogP contribution in [0.1, 0.15) is 58.3 Å². The summed E-state index contributed by atoms with van der Waals surface area (Å²) in [4.78, 5) is 25.0. The zero-order valence-electron chi connectivity index (χ0n) is 12.3. The number of esters is 1. The van der Waals surface area contributed by atoms with Gasteiger partial charge in [-0.25, -0.2) is 0 Å². The topological polar surface area (TPSA) is 46.6 Å². The highest BCUT2D eigenvalue weighted by atomic mass is 16.5. The second kappa shape index (κ2) is 8.94. The van der Waals surface area contributed by atoms with Gasteiger partial charge < -0.3 is 9.64 Å². The Balaban J connectivity index is 2.25. The van der Waals surface area contributed by atoms with Crippen LogP contribution in [0.3, 0.4) is 0 Å². The number of carbonyl (C=O) groups excluding carboxylic acids is 2. The van der Waals surface area contributed by atoms with Gasteiger partial charge in [-0.15, -0.1) is 0 Å². The fraction of sp³-hybridized carbons (Fsp3) is 0.867. The molecule has 1 fully saturated rings. The Hall–Kier alpha value is -1.06. The van der Waals surface area contributed by atoms with Crippen LogP contribution in [0.4, 0.5) is 0 Å². The Morgan fingerprint density at radius 2 is 1.79 bits per heavy atom. The van der Waals surface area contributed by atoms with E-state index in [2.05, 4.69) is 0 Å². The van der Waals surface area contributed by atoms with E-state index in [1.54, 1.807) is 18.9 Å². The number of hydrogen-bond acceptors (Lipinski definition) is 3. The van der Waals surface area contributed by atoms with Crippen molar-refractivity contribution in [1.82, 2.24) is 4.90 Å². The van der Waals surface area contributed by atoms with E-state index in [1.807, 2.05) is 0 Å². The van der Waals surface area contributed by atoms with Gasteiger partial charge in [0.1, 0.15) is 0 Å². The Labute approximate surface area is 116 Å². The monoisotopic (exact) mass is 269 g/mol. The molecular formula is C15H27NO3. The van der Waals surface area contributed by atoms with Crippen molar-refractivity contribution in [3.63, 3.8) is 0 Å². The maximum absolute atomic E-state index is 12.1. The van der Waals surface area contributed by atoms with Crippen LogP contribution in [0.5, 0.6) is 0 Å². The molecule has 1 aliphatic carbocycles. The van der Waals surface area contributed by atoms with Crippen molar-refractivity contribution in [1.29, 1.82) is 0 Å². The summed E-state index contributed by atoms with van der Waals surface area (Å²) < 4.78 is 4.86. The highest BCUT2D eigenvalue weighted by Gasteiger charge is 2.18. The SMILES string of the molecule is CCOC(=O)CCN(C)C(=O)CC1CCCCCC1. The van der Waals surface area contributed by atoms with Crippen molar-refractivity contribution in [3.8, 4) is 0 Å². The quantitative estimate of drug-likeness (QED) is 0.550. The second-order valence-corrected chi connectivity index (χ2v) is 5.43. The lowest BCUT2D eigenvalue weighted by molar-refractivity contribution is -0.143. The van der Waals surface area contributed by atoms with Gasteiger partial charge in [0.05, 0.1) is 13.0 Å². The normalized spacial score (nSPS) is 16.7. The first-order valence-electron chi connectivity index (χ1n) is 7.53. The van der Waals surface area contributed by atoms with Crippen LogP contribution in [0.2, 0.25) is 0 Å². The molecule has 19 heavy (non-hydrogen) atoms. The smallest absolute Gasteiger partial charge is 0.307 e. The van der Waals surface area contributed by atoms with Crippen LogP contribution in [0.25, 0.3) is 0 Å². The van der Waals surface area contributed by atoms with Gasteiger partial charge in [-0.1, -0.05) is 25.7 Å². The van der Waals surface area contributed by atoms with E-state index in [4.69, 9.17) is 4.74 Å². The zero-order valence-corrected chi connectivity index (χ0v) is 12.3. The van der Waals surface area contributed by atoms with E-state index in [-0.39, 0.29) is 11.9 Å². The Kier molecular flexibility index (Phi) is 7.53. The van der Waals surface area contributed by atoms with Gasteiger partial charge in [0.2, 0.25) is 5.91 Å². The molecule has 0 aromatic heterocycles. The van der Waals surface area contributed by atoms with E-state index in [0.29, 0.717) is 31.9 Å². The standard InChI is InChI=1S/C15H27NO3/c1-3-19-15(18)10-11-16(2)14(17)12-13-8-6-4-5-7-9-13/h13H,3-12H2,1-2H3. The molecule has 1 amide bonds. The molecule has 0 aromatic rings. The van der Waals surface area contributed by atoms with E-state index < -0.39 is 0 Å². The molecule has 0 spiro atoms. The highest BCUT2D eigenvalue weighted by molar-refractivity contribution is 5.77. The number of hydrogen-bond donors (Lipinski definition) is 0. The average Bonchev–Trinajstić information content (AvgIpc) is 2.65. The molecule has 0 heterocycles. The minimum Gasteiger partial charge on any atom is -0.466 e. The zero-order chi connectivity index (χ0) is 14.1. The van der Waals surface area contributed by atoms with E-state index >= 15 is 0 Å². The summed E-state index contributed by atoms with van der Waals surface area (Å²) >= 11 is 0. The predicted octanol–water partition coefficient (Wildman–Crippen LogP) is 2.76. The molecule has 4 heteroatoms. The maximum atomic E-state index is 12.1. The fourth-order valence-electron chi connectivity index (χ4n) is 2.59. The average molecular weight is 269 g/mol. The Morgan fingerprint density at radius 1 is 1.16 bits per heavy atom. The minimum absolute atomic E-state index is 0.163.